The summed E-state index contributed by atoms with van der Waals surface area (Å²) >= 11 is 2.00. The molecule has 0 bridgehead atoms. The van der Waals surface area contributed by atoms with Crippen LogP contribution < -0.4 is 5.32 Å². The molecule has 0 heterocycles. The molecule has 0 amide bonds. The number of nitrogens with one attached hydrogen (secondary N) is 1. The molecule has 0 aliphatic carbocycles. The highest BCUT2D eigenvalue weighted by Crippen LogP contribution is 1.95. The Morgan fingerprint density at radius 1 is 1.40 bits per heavy atom. The molecule has 1 nitrogen and oxygen atoms in total. The Labute approximate surface area is 69.0 Å². The minimum Gasteiger partial charge on any atom is -0.316 e. The Hall–Kier alpha value is 0.310. The van der Waals surface area contributed by atoms with Crippen molar-refractivity contribution in [3.63, 3.8) is 0 Å². The van der Waals surface area contributed by atoms with Gasteiger partial charge in [-0.2, -0.15) is 11.8 Å². The minimum atomic E-state index is 0.784. The van der Waals surface area contributed by atoms with Crippen molar-refractivity contribution in [1.29, 1.82) is 0 Å². The lowest BCUT2D eigenvalue weighted by Crippen LogP contribution is -2.22. The topological polar surface area (TPSA) is 12.0 Å². The normalized spacial score (nSPS) is 10.8. The summed E-state index contributed by atoms with van der Waals surface area (Å²) in [5, 5.41) is 3.40. The number of rotatable bonds is 6. The van der Waals surface area contributed by atoms with Gasteiger partial charge in [0.15, 0.2) is 0 Å². The van der Waals surface area contributed by atoms with Crippen molar-refractivity contribution >= 4 is 11.8 Å². The second-order valence-corrected chi connectivity index (χ2v) is 4.19. The van der Waals surface area contributed by atoms with E-state index < -0.39 is 0 Å². The summed E-state index contributed by atoms with van der Waals surface area (Å²) in [5.41, 5.74) is 0. The smallest absolute Gasteiger partial charge is 0.00580 e. The van der Waals surface area contributed by atoms with Crippen LogP contribution >= 0.6 is 11.8 Å². The molecular weight excluding hydrogens is 142 g/mol. The van der Waals surface area contributed by atoms with Crippen molar-refractivity contribution in [1.82, 2.24) is 5.32 Å². The van der Waals surface area contributed by atoms with Crippen LogP contribution in [-0.4, -0.2) is 24.6 Å². The molecule has 0 aliphatic rings. The Kier molecular flexibility index (Phi) is 7.65. The van der Waals surface area contributed by atoms with E-state index in [1.165, 1.54) is 11.5 Å². The van der Waals surface area contributed by atoms with Crippen LogP contribution in [0.5, 0.6) is 0 Å². The number of hydrogen-bond donors (Lipinski definition) is 1. The maximum absolute atomic E-state index is 3.40. The van der Waals surface area contributed by atoms with E-state index in [0.717, 1.165) is 19.0 Å². The zero-order valence-corrected chi connectivity index (χ0v) is 8.13. The van der Waals surface area contributed by atoms with Crippen LogP contribution in [0.15, 0.2) is 0 Å². The largest absolute Gasteiger partial charge is 0.316 e. The maximum atomic E-state index is 3.40. The molecule has 0 aromatic carbocycles. The van der Waals surface area contributed by atoms with E-state index in [4.69, 9.17) is 0 Å². The molecule has 0 aliphatic heterocycles. The van der Waals surface area contributed by atoms with E-state index in [1.54, 1.807) is 0 Å². The lowest BCUT2D eigenvalue weighted by molar-refractivity contribution is 0.568. The van der Waals surface area contributed by atoms with Crippen molar-refractivity contribution in [2.24, 2.45) is 5.92 Å². The van der Waals surface area contributed by atoms with Gasteiger partial charge in [0.05, 0.1) is 0 Å². The fourth-order valence-corrected chi connectivity index (χ4v) is 1.26. The number of thioether (sulfide) groups is 1. The summed E-state index contributed by atoms with van der Waals surface area (Å²) in [5.74, 6) is 3.28. The van der Waals surface area contributed by atoms with Crippen LogP contribution in [0.1, 0.15) is 20.8 Å². The van der Waals surface area contributed by atoms with Crippen LogP contribution in [0.25, 0.3) is 0 Å². The molecular formula is C8H19NS. The first-order chi connectivity index (χ1) is 4.77. The molecule has 62 valence electrons. The Bertz CT molecular complexity index is 64.3. The second-order valence-electron chi connectivity index (χ2n) is 2.79. The molecule has 0 rings (SSSR count). The maximum Gasteiger partial charge on any atom is 0.00580 e. The first-order valence-electron chi connectivity index (χ1n) is 4.05. The van der Waals surface area contributed by atoms with Gasteiger partial charge in [0.2, 0.25) is 0 Å². The van der Waals surface area contributed by atoms with Crippen LogP contribution in [0.4, 0.5) is 0 Å². The summed E-state index contributed by atoms with van der Waals surface area (Å²) in [7, 11) is 0. The third-order valence-electron chi connectivity index (χ3n) is 1.18. The average molecular weight is 161 g/mol. The van der Waals surface area contributed by atoms with Gasteiger partial charge >= 0.3 is 0 Å². The Morgan fingerprint density at radius 3 is 2.60 bits per heavy atom. The standard InChI is InChI=1S/C8H19NS/c1-4-10-6-5-9-7-8(2)3/h8-9H,4-7H2,1-3H3. The van der Waals surface area contributed by atoms with Crippen LogP contribution in [0.3, 0.4) is 0 Å². The van der Waals surface area contributed by atoms with Gasteiger partial charge in [0.1, 0.15) is 0 Å². The van der Waals surface area contributed by atoms with E-state index in [2.05, 4.69) is 26.1 Å². The molecule has 0 saturated heterocycles. The van der Waals surface area contributed by atoms with Gasteiger partial charge < -0.3 is 5.32 Å². The summed E-state index contributed by atoms with van der Waals surface area (Å²) < 4.78 is 0. The van der Waals surface area contributed by atoms with Crippen molar-refractivity contribution < 1.29 is 0 Å². The van der Waals surface area contributed by atoms with Crippen LogP contribution in [0, 0.1) is 5.92 Å². The molecule has 10 heavy (non-hydrogen) atoms. The molecule has 1 N–H and O–H groups in total. The molecule has 2 heteroatoms. The Morgan fingerprint density at radius 2 is 2.10 bits per heavy atom. The summed E-state index contributed by atoms with van der Waals surface area (Å²) in [6, 6.07) is 0. The quantitative estimate of drug-likeness (QED) is 0.598. The molecule has 0 fully saturated rings. The molecule has 0 aromatic heterocycles. The third kappa shape index (κ3) is 8.31. The fourth-order valence-electron chi connectivity index (χ4n) is 0.679. The third-order valence-corrected chi connectivity index (χ3v) is 2.08. The summed E-state index contributed by atoms with van der Waals surface area (Å²) in [4.78, 5) is 0. The molecule has 0 unspecified atom stereocenters. The molecule has 0 aromatic rings. The summed E-state index contributed by atoms with van der Waals surface area (Å²) in [6.45, 7) is 8.99. The Balaban J connectivity index is 2.77. The second kappa shape index (κ2) is 7.42. The minimum absolute atomic E-state index is 0.784. The van der Waals surface area contributed by atoms with E-state index in [-0.39, 0.29) is 0 Å². The average Bonchev–Trinajstić information content (AvgIpc) is 1.87. The van der Waals surface area contributed by atoms with E-state index in [0.29, 0.717) is 0 Å². The van der Waals surface area contributed by atoms with Crippen LogP contribution in [0.2, 0.25) is 0 Å². The van der Waals surface area contributed by atoms with Crippen molar-refractivity contribution in [3.05, 3.63) is 0 Å². The summed E-state index contributed by atoms with van der Waals surface area (Å²) in [6.07, 6.45) is 0. The van der Waals surface area contributed by atoms with Gasteiger partial charge in [0, 0.05) is 12.3 Å². The zero-order chi connectivity index (χ0) is 7.82. The highest BCUT2D eigenvalue weighted by molar-refractivity contribution is 7.99. The predicted octanol–water partition coefficient (Wildman–Crippen LogP) is 1.99. The lowest BCUT2D eigenvalue weighted by Gasteiger charge is -2.05. The van der Waals surface area contributed by atoms with Crippen molar-refractivity contribution in [2.75, 3.05) is 24.6 Å². The van der Waals surface area contributed by atoms with Crippen molar-refractivity contribution in [3.8, 4) is 0 Å². The van der Waals surface area contributed by atoms with E-state index in [1.807, 2.05) is 11.8 Å². The molecule has 0 radical (unpaired) electrons. The first kappa shape index (κ1) is 10.3. The van der Waals surface area contributed by atoms with Gasteiger partial charge in [-0.1, -0.05) is 20.8 Å². The van der Waals surface area contributed by atoms with Gasteiger partial charge in [-0.25, -0.2) is 0 Å². The first-order valence-corrected chi connectivity index (χ1v) is 5.21. The molecule has 0 saturated carbocycles. The highest BCUT2D eigenvalue weighted by Gasteiger charge is 1.90. The van der Waals surface area contributed by atoms with Gasteiger partial charge in [-0.15, -0.1) is 0 Å². The van der Waals surface area contributed by atoms with Gasteiger partial charge in [0.25, 0.3) is 0 Å². The van der Waals surface area contributed by atoms with Gasteiger partial charge in [-0.3, -0.25) is 0 Å². The van der Waals surface area contributed by atoms with Crippen molar-refractivity contribution in [2.45, 2.75) is 20.8 Å². The van der Waals surface area contributed by atoms with Crippen LogP contribution in [-0.2, 0) is 0 Å². The van der Waals surface area contributed by atoms with Gasteiger partial charge in [-0.05, 0) is 18.2 Å². The molecule has 0 spiro atoms. The SMILES string of the molecule is CCSCCNCC(C)C. The highest BCUT2D eigenvalue weighted by atomic mass is 32.2. The van der Waals surface area contributed by atoms with E-state index >= 15 is 0 Å². The van der Waals surface area contributed by atoms with E-state index in [9.17, 15) is 0 Å². The monoisotopic (exact) mass is 161 g/mol. The zero-order valence-electron chi connectivity index (χ0n) is 7.31. The fraction of sp³-hybridized carbons (Fsp3) is 1.00. The lowest BCUT2D eigenvalue weighted by atomic mass is 10.2. The number of hydrogen-bond acceptors (Lipinski definition) is 2. The molecule has 0 atom stereocenters. The predicted molar refractivity (Wildman–Crippen MR) is 50.7 cm³/mol.